The molecule has 0 saturated heterocycles. The third-order valence-electron chi connectivity index (χ3n) is 5.26. The number of hydrogen-bond acceptors (Lipinski definition) is 4. The summed E-state index contributed by atoms with van der Waals surface area (Å²) in [7, 11) is 0. The van der Waals surface area contributed by atoms with E-state index in [9.17, 15) is 9.59 Å². The van der Waals surface area contributed by atoms with Gasteiger partial charge in [-0.3, -0.25) is 9.78 Å². The van der Waals surface area contributed by atoms with Crippen LogP contribution in [0.4, 0.5) is 0 Å². The molecule has 1 heterocycles. The van der Waals surface area contributed by atoms with Crippen LogP contribution in [0.5, 0.6) is 0 Å². The van der Waals surface area contributed by atoms with Gasteiger partial charge in [0.15, 0.2) is 6.61 Å². The Morgan fingerprint density at radius 1 is 1.21 bits per heavy atom. The van der Waals surface area contributed by atoms with Crippen LogP contribution in [-0.4, -0.2) is 30.0 Å². The van der Waals surface area contributed by atoms with Crippen molar-refractivity contribution in [2.75, 3.05) is 13.2 Å². The van der Waals surface area contributed by atoms with Crippen molar-refractivity contribution in [3.05, 3.63) is 52.7 Å². The number of allylic oxidation sites excluding steroid dienone is 1. The van der Waals surface area contributed by atoms with Crippen LogP contribution in [0.3, 0.4) is 0 Å². The van der Waals surface area contributed by atoms with Crippen molar-refractivity contribution >= 4 is 22.8 Å². The van der Waals surface area contributed by atoms with E-state index in [-0.39, 0.29) is 12.5 Å². The molecular formula is C23H28N2O3. The number of hydrogen-bond donors (Lipinski definition) is 1. The number of fused-ring (bicyclic) bond motifs is 1. The van der Waals surface area contributed by atoms with Crippen molar-refractivity contribution in [1.29, 1.82) is 0 Å². The molecule has 5 nitrogen and oxygen atoms in total. The molecule has 0 fully saturated rings. The van der Waals surface area contributed by atoms with Crippen LogP contribution >= 0.6 is 0 Å². The highest BCUT2D eigenvalue weighted by Crippen LogP contribution is 2.24. The molecule has 0 unspecified atom stereocenters. The number of benzene rings is 1. The molecule has 0 aliphatic heterocycles. The van der Waals surface area contributed by atoms with Gasteiger partial charge in [0.05, 0.1) is 11.1 Å². The van der Waals surface area contributed by atoms with Crippen molar-refractivity contribution in [3.8, 4) is 0 Å². The fourth-order valence-electron chi connectivity index (χ4n) is 3.71. The Labute approximate surface area is 166 Å². The Morgan fingerprint density at radius 3 is 2.79 bits per heavy atom. The quantitative estimate of drug-likeness (QED) is 0.575. The highest BCUT2D eigenvalue weighted by molar-refractivity contribution is 6.05. The van der Waals surface area contributed by atoms with Crippen molar-refractivity contribution < 1.29 is 14.3 Å². The van der Waals surface area contributed by atoms with Gasteiger partial charge >= 0.3 is 5.97 Å². The second kappa shape index (κ2) is 9.49. The van der Waals surface area contributed by atoms with Crippen LogP contribution < -0.4 is 5.32 Å². The highest BCUT2D eigenvalue weighted by atomic mass is 16.5. The number of amides is 1. The first-order chi connectivity index (χ1) is 13.6. The lowest BCUT2D eigenvalue weighted by Gasteiger charge is -2.14. The zero-order chi connectivity index (χ0) is 19.9. The number of esters is 1. The molecule has 0 spiro atoms. The Hall–Kier alpha value is -2.69. The van der Waals surface area contributed by atoms with Crippen LogP contribution in [-0.2, 0) is 16.0 Å². The lowest BCUT2D eigenvalue weighted by Crippen LogP contribution is -2.30. The molecule has 0 radical (unpaired) electrons. The number of rotatable bonds is 7. The minimum atomic E-state index is -0.476. The smallest absolute Gasteiger partial charge is 0.339 e. The molecule has 0 bridgehead atoms. The van der Waals surface area contributed by atoms with E-state index < -0.39 is 5.97 Å². The number of aryl methyl sites for hydroxylation is 1. The number of pyridine rings is 1. The Kier molecular flexibility index (Phi) is 6.80. The number of carbonyl (C=O) groups is 2. The highest BCUT2D eigenvalue weighted by Gasteiger charge is 2.19. The summed E-state index contributed by atoms with van der Waals surface area (Å²) in [6.07, 6.45) is 8.63. The van der Waals surface area contributed by atoms with Crippen LogP contribution in [0.25, 0.3) is 10.9 Å². The molecule has 1 amide bonds. The summed E-state index contributed by atoms with van der Waals surface area (Å²) in [6, 6.07) is 7.52. The summed E-state index contributed by atoms with van der Waals surface area (Å²) in [5.74, 6) is -0.743. The van der Waals surface area contributed by atoms with E-state index in [1.54, 1.807) is 0 Å². The Balaban J connectivity index is 1.61. The number of para-hydroxylation sites is 1. The predicted molar refractivity (Wildman–Crippen MR) is 110 cm³/mol. The summed E-state index contributed by atoms with van der Waals surface area (Å²) >= 11 is 0. The topological polar surface area (TPSA) is 68.3 Å². The average molecular weight is 380 g/mol. The van der Waals surface area contributed by atoms with Gasteiger partial charge in [-0.1, -0.05) is 36.8 Å². The molecular weight excluding hydrogens is 352 g/mol. The van der Waals surface area contributed by atoms with E-state index in [1.165, 1.54) is 18.4 Å². The first-order valence-electron chi connectivity index (χ1n) is 10.1. The molecule has 1 aliphatic rings. The van der Waals surface area contributed by atoms with Gasteiger partial charge in [-0.25, -0.2) is 4.79 Å². The van der Waals surface area contributed by atoms with E-state index in [2.05, 4.69) is 16.4 Å². The van der Waals surface area contributed by atoms with Gasteiger partial charge in [0, 0.05) is 17.6 Å². The van der Waals surface area contributed by atoms with Crippen molar-refractivity contribution in [3.63, 3.8) is 0 Å². The van der Waals surface area contributed by atoms with Crippen molar-refractivity contribution in [2.24, 2.45) is 0 Å². The molecule has 3 rings (SSSR count). The average Bonchev–Trinajstić information content (AvgIpc) is 2.72. The number of carbonyl (C=O) groups excluding carboxylic acids is 2. The first kappa shape index (κ1) is 20.1. The molecule has 5 heteroatoms. The molecule has 1 aliphatic carbocycles. The van der Waals surface area contributed by atoms with E-state index in [0.29, 0.717) is 12.1 Å². The van der Waals surface area contributed by atoms with Crippen LogP contribution in [0.1, 0.15) is 60.6 Å². The largest absolute Gasteiger partial charge is 0.452 e. The predicted octanol–water partition coefficient (Wildman–Crippen LogP) is 4.27. The number of nitrogens with one attached hydrogen (secondary N) is 1. The third-order valence-corrected chi connectivity index (χ3v) is 5.26. The maximum absolute atomic E-state index is 12.7. The normalized spacial score (nSPS) is 13.9. The maximum atomic E-state index is 12.7. The van der Waals surface area contributed by atoms with Gasteiger partial charge in [-0.2, -0.15) is 0 Å². The Morgan fingerprint density at radius 2 is 2.04 bits per heavy atom. The van der Waals surface area contributed by atoms with Gasteiger partial charge in [0.1, 0.15) is 0 Å². The fourth-order valence-corrected chi connectivity index (χ4v) is 3.71. The van der Waals surface area contributed by atoms with Gasteiger partial charge in [-0.05, 0) is 57.1 Å². The van der Waals surface area contributed by atoms with Crippen LogP contribution in [0.15, 0.2) is 35.9 Å². The Bertz CT molecular complexity index is 902. The lowest BCUT2D eigenvalue weighted by atomic mass is 9.97. The van der Waals surface area contributed by atoms with Gasteiger partial charge in [-0.15, -0.1) is 0 Å². The van der Waals surface area contributed by atoms with E-state index in [1.807, 2.05) is 38.1 Å². The third kappa shape index (κ3) is 4.77. The molecule has 148 valence electrons. The van der Waals surface area contributed by atoms with Crippen molar-refractivity contribution in [2.45, 2.75) is 52.4 Å². The number of ether oxygens (including phenoxy) is 1. The second-order valence-electron chi connectivity index (χ2n) is 7.21. The van der Waals surface area contributed by atoms with Crippen molar-refractivity contribution in [1.82, 2.24) is 10.3 Å². The van der Waals surface area contributed by atoms with Gasteiger partial charge in [0.2, 0.25) is 0 Å². The monoisotopic (exact) mass is 380 g/mol. The zero-order valence-electron chi connectivity index (χ0n) is 16.7. The lowest BCUT2D eigenvalue weighted by molar-refractivity contribution is -0.124. The molecule has 1 aromatic carbocycles. The van der Waals surface area contributed by atoms with E-state index in [0.717, 1.165) is 47.8 Å². The number of nitrogens with zero attached hydrogens (tertiary/aromatic N) is 1. The molecule has 0 saturated carbocycles. The molecule has 2 aromatic rings. The molecule has 1 N–H and O–H groups in total. The second-order valence-corrected chi connectivity index (χ2v) is 7.21. The zero-order valence-corrected chi connectivity index (χ0v) is 16.7. The van der Waals surface area contributed by atoms with Crippen LogP contribution in [0.2, 0.25) is 0 Å². The summed E-state index contributed by atoms with van der Waals surface area (Å²) in [5.41, 5.74) is 4.37. The van der Waals surface area contributed by atoms with E-state index >= 15 is 0 Å². The summed E-state index contributed by atoms with van der Waals surface area (Å²) in [5, 5.41) is 3.60. The molecule has 28 heavy (non-hydrogen) atoms. The standard InChI is InChI=1S/C23H28N2O3/c1-3-19-16(2)22(18-11-7-8-12-20(18)25-19)23(27)28-15-21(26)24-14-13-17-9-5-4-6-10-17/h7-9,11-12H,3-6,10,13-15H2,1-2H3,(H,24,26). The van der Waals surface area contributed by atoms with Gasteiger partial charge < -0.3 is 10.1 Å². The molecule has 0 atom stereocenters. The summed E-state index contributed by atoms with van der Waals surface area (Å²) < 4.78 is 5.33. The minimum Gasteiger partial charge on any atom is -0.452 e. The SMILES string of the molecule is CCc1nc2ccccc2c(C(=O)OCC(=O)NCCC2=CCCCC2)c1C. The minimum absolute atomic E-state index is 0.267. The maximum Gasteiger partial charge on any atom is 0.339 e. The summed E-state index contributed by atoms with van der Waals surface area (Å²) in [4.78, 5) is 29.4. The first-order valence-corrected chi connectivity index (χ1v) is 10.1. The molecule has 1 aromatic heterocycles. The van der Waals surface area contributed by atoms with E-state index in [4.69, 9.17) is 4.74 Å². The van der Waals surface area contributed by atoms with Crippen LogP contribution in [0, 0.1) is 6.92 Å². The van der Waals surface area contributed by atoms with Gasteiger partial charge in [0.25, 0.3) is 5.91 Å². The fraction of sp³-hybridized carbons (Fsp3) is 0.435. The number of aromatic nitrogens is 1. The summed E-state index contributed by atoms with van der Waals surface area (Å²) in [6.45, 7) is 4.20.